The van der Waals surface area contributed by atoms with Gasteiger partial charge in [-0.25, -0.2) is 13.8 Å². The van der Waals surface area contributed by atoms with Crippen LogP contribution in [0, 0.1) is 11.6 Å². The van der Waals surface area contributed by atoms with Crippen molar-refractivity contribution in [2.45, 2.75) is 6.92 Å². The Morgan fingerprint density at radius 1 is 1.24 bits per heavy atom. The molecular weight excluding hydrogens is 320 g/mol. The predicted molar refractivity (Wildman–Crippen MR) is 81.3 cm³/mol. The molecule has 0 saturated carbocycles. The van der Waals surface area contributed by atoms with Gasteiger partial charge in [0.15, 0.2) is 10.9 Å². The number of thiazole rings is 1. The molecule has 0 spiro atoms. The van der Waals surface area contributed by atoms with Crippen LogP contribution in [0.3, 0.4) is 0 Å². The van der Waals surface area contributed by atoms with Gasteiger partial charge in [-0.3, -0.25) is 4.79 Å². The second-order valence-corrected chi connectivity index (χ2v) is 5.73. The highest BCUT2D eigenvalue weighted by Crippen LogP contribution is 2.31. The molecule has 8 heteroatoms. The van der Waals surface area contributed by atoms with Crippen molar-refractivity contribution < 1.29 is 13.6 Å². The van der Waals surface area contributed by atoms with Gasteiger partial charge in [-0.2, -0.15) is 0 Å². The van der Waals surface area contributed by atoms with Crippen molar-refractivity contribution in [3.8, 4) is 0 Å². The average molecular weight is 334 g/mol. The number of nitrogens with zero attached hydrogens (tertiary/aromatic N) is 3. The summed E-state index contributed by atoms with van der Waals surface area (Å²) in [7, 11) is 0. The van der Waals surface area contributed by atoms with Gasteiger partial charge >= 0.3 is 0 Å². The molecule has 2 aromatic rings. The maximum atomic E-state index is 13.6. The minimum absolute atomic E-state index is 0. The van der Waals surface area contributed by atoms with Crippen LogP contribution in [-0.2, 0) is 4.79 Å². The number of carbonyl (C=O) groups excluding carboxylic acids is 1. The third kappa shape index (κ3) is 3.08. The van der Waals surface area contributed by atoms with Crippen LogP contribution in [0.1, 0.15) is 6.92 Å². The minimum atomic E-state index is -0.634. The van der Waals surface area contributed by atoms with Crippen LogP contribution in [0.2, 0.25) is 0 Å². The number of piperazine rings is 1. The Bertz CT molecular complexity index is 671. The van der Waals surface area contributed by atoms with E-state index in [1.807, 2.05) is 4.90 Å². The molecule has 0 unspecified atom stereocenters. The van der Waals surface area contributed by atoms with E-state index < -0.39 is 11.6 Å². The van der Waals surface area contributed by atoms with Crippen molar-refractivity contribution in [3.63, 3.8) is 0 Å². The molecule has 1 aliphatic rings. The number of hydrogen-bond acceptors (Lipinski definition) is 4. The molecule has 1 aromatic heterocycles. The molecule has 3 rings (SSSR count). The number of hydrogen-bond donors (Lipinski definition) is 0. The summed E-state index contributed by atoms with van der Waals surface area (Å²) >= 11 is 1.27. The van der Waals surface area contributed by atoms with Crippen molar-refractivity contribution in [2.75, 3.05) is 31.1 Å². The lowest BCUT2D eigenvalue weighted by Crippen LogP contribution is -2.48. The molecule has 1 fully saturated rings. The molecule has 0 radical (unpaired) electrons. The Labute approximate surface area is 130 Å². The number of aromatic nitrogens is 1. The van der Waals surface area contributed by atoms with Gasteiger partial charge in [-0.15, -0.1) is 12.4 Å². The van der Waals surface area contributed by atoms with Gasteiger partial charge in [0.25, 0.3) is 0 Å². The molecule has 1 aromatic carbocycles. The van der Waals surface area contributed by atoms with Crippen molar-refractivity contribution in [1.29, 1.82) is 0 Å². The van der Waals surface area contributed by atoms with E-state index in [2.05, 4.69) is 4.98 Å². The van der Waals surface area contributed by atoms with Crippen molar-refractivity contribution >= 4 is 45.0 Å². The van der Waals surface area contributed by atoms with Crippen molar-refractivity contribution in [3.05, 3.63) is 23.8 Å². The lowest BCUT2D eigenvalue weighted by molar-refractivity contribution is -0.129. The highest BCUT2D eigenvalue weighted by atomic mass is 35.5. The topological polar surface area (TPSA) is 36.4 Å². The highest BCUT2D eigenvalue weighted by molar-refractivity contribution is 7.22. The number of amides is 1. The number of anilines is 1. The maximum absolute atomic E-state index is 13.6. The summed E-state index contributed by atoms with van der Waals surface area (Å²) in [5.41, 5.74) is 0.209. The molecule has 21 heavy (non-hydrogen) atoms. The highest BCUT2D eigenvalue weighted by Gasteiger charge is 2.22. The van der Waals surface area contributed by atoms with Gasteiger partial charge in [0.1, 0.15) is 11.3 Å². The normalized spacial score (nSPS) is 15.2. The summed E-state index contributed by atoms with van der Waals surface area (Å²) in [6, 6.07) is 2.14. The largest absolute Gasteiger partial charge is 0.345 e. The predicted octanol–water partition coefficient (Wildman–Crippen LogP) is 2.66. The van der Waals surface area contributed by atoms with Gasteiger partial charge in [-0.1, -0.05) is 11.3 Å². The Hall–Kier alpha value is -1.47. The van der Waals surface area contributed by atoms with Crippen molar-refractivity contribution in [2.24, 2.45) is 0 Å². The standard InChI is InChI=1S/C13H13F2N3OS.ClH/c1-8(19)17-2-4-18(5-3-17)13-16-12-10(15)6-9(14)7-11(12)20-13;/h6-7H,2-5H2,1H3;1H. The van der Waals surface area contributed by atoms with Gasteiger partial charge in [0.05, 0.1) is 4.70 Å². The van der Waals surface area contributed by atoms with E-state index in [1.165, 1.54) is 17.4 Å². The molecular formula is C13H14ClF2N3OS. The summed E-state index contributed by atoms with van der Waals surface area (Å²) in [5.74, 6) is -1.17. The number of carbonyl (C=O) groups is 1. The van der Waals surface area contributed by atoms with E-state index in [4.69, 9.17) is 0 Å². The number of fused-ring (bicyclic) bond motifs is 1. The van der Waals surface area contributed by atoms with Crippen LogP contribution < -0.4 is 4.90 Å². The van der Waals surface area contributed by atoms with Gasteiger partial charge < -0.3 is 9.80 Å². The van der Waals surface area contributed by atoms with Crippen LogP contribution in [0.5, 0.6) is 0 Å². The molecule has 4 nitrogen and oxygen atoms in total. The van der Waals surface area contributed by atoms with Gasteiger partial charge in [0.2, 0.25) is 5.91 Å². The van der Waals surface area contributed by atoms with Crippen LogP contribution in [-0.4, -0.2) is 42.0 Å². The van der Waals surface area contributed by atoms with E-state index >= 15 is 0 Å². The van der Waals surface area contributed by atoms with Crippen LogP contribution in [0.4, 0.5) is 13.9 Å². The molecule has 1 aliphatic heterocycles. The van der Waals surface area contributed by atoms with Crippen LogP contribution in [0.15, 0.2) is 12.1 Å². The van der Waals surface area contributed by atoms with Gasteiger partial charge in [0, 0.05) is 39.2 Å². The summed E-state index contributed by atoms with van der Waals surface area (Å²) in [6.45, 7) is 4.11. The van der Waals surface area contributed by atoms with E-state index in [1.54, 1.807) is 11.8 Å². The number of rotatable bonds is 1. The van der Waals surface area contributed by atoms with E-state index in [9.17, 15) is 13.6 Å². The summed E-state index contributed by atoms with van der Waals surface area (Å²) < 4.78 is 27.3. The first-order valence-corrected chi connectivity index (χ1v) is 7.12. The lowest BCUT2D eigenvalue weighted by Gasteiger charge is -2.33. The van der Waals surface area contributed by atoms with E-state index in [-0.39, 0.29) is 23.8 Å². The summed E-state index contributed by atoms with van der Waals surface area (Å²) in [6.07, 6.45) is 0. The fourth-order valence-electron chi connectivity index (χ4n) is 2.29. The van der Waals surface area contributed by atoms with Gasteiger partial charge in [-0.05, 0) is 6.07 Å². The zero-order valence-corrected chi connectivity index (χ0v) is 12.9. The molecule has 114 valence electrons. The van der Waals surface area contributed by atoms with Crippen molar-refractivity contribution in [1.82, 2.24) is 9.88 Å². The first-order valence-electron chi connectivity index (χ1n) is 6.30. The Morgan fingerprint density at radius 3 is 2.52 bits per heavy atom. The molecule has 0 bridgehead atoms. The maximum Gasteiger partial charge on any atom is 0.219 e. The third-order valence-corrected chi connectivity index (χ3v) is 4.46. The average Bonchev–Trinajstić information content (AvgIpc) is 2.83. The zero-order valence-electron chi connectivity index (χ0n) is 11.3. The molecule has 2 heterocycles. The fourth-order valence-corrected chi connectivity index (χ4v) is 3.35. The lowest BCUT2D eigenvalue weighted by atomic mass is 10.3. The molecule has 0 N–H and O–H groups in total. The van der Waals surface area contributed by atoms with E-state index in [0.29, 0.717) is 36.0 Å². The monoisotopic (exact) mass is 333 g/mol. The Balaban J connectivity index is 0.00000161. The second-order valence-electron chi connectivity index (χ2n) is 4.72. The summed E-state index contributed by atoms with van der Waals surface area (Å²) in [4.78, 5) is 19.3. The SMILES string of the molecule is CC(=O)N1CCN(c2nc3c(F)cc(F)cc3s2)CC1.Cl. The van der Waals surface area contributed by atoms with Crippen LogP contribution in [0.25, 0.3) is 10.2 Å². The Kier molecular flexibility index (Phi) is 4.63. The zero-order chi connectivity index (χ0) is 14.3. The second kappa shape index (κ2) is 6.11. The number of halogens is 3. The quantitative estimate of drug-likeness (QED) is 0.805. The van der Waals surface area contributed by atoms with E-state index in [0.717, 1.165) is 6.07 Å². The molecule has 1 amide bonds. The third-order valence-electron chi connectivity index (χ3n) is 3.40. The minimum Gasteiger partial charge on any atom is -0.345 e. The summed E-state index contributed by atoms with van der Waals surface area (Å²) in [5, 5.41) is 0.674. The molecule has 1 saturated heterocycles. The molecule has 0 atom stereocenters. The molecule has 0 aliphatic carbocycles. The first kappa shape index (κ1) is 15.9. The number of benzene rings is 1. The Morgan fingerprint density at radius 2 is 1.90 bits per heavy atom. The smallest absolute Gasteiger partial charge is 0.219 e. The first-order chi connectivity index (χ1) is 9.54. The fraction of sp³-hybridized carbons (Fsp3) is 0.385. The van der Waals surface area contributed by atoms with Crippen LogP contribution >= 0.6 is 23.7 Å².